The first kappa shape index (κ1) is 20.7. The van der Waals surface area contributed by atoms with E-state index >= 15 is 0 Å². The summed E-state index contributed by atoms with van der Waals surface area (Å²) in [6, 6.07) is 4.60. The van der Waals surface area contributed by atoms with Gasteiger partial charge in [0.25, 0.3) is 5.91 Å². The largest absolute Gasteiger partial charge is 0.361 e. The normalized spacial score (nSPS) is 20.0. The van der Waals surface area contributed by atoms with Crippen molar-refractivity contribution in [1.82, 2.24) is 20.1 Å². The van der Waals surface area contributed by atoms with Crippen molar-refractivity contribution in [2.75, 3.05) is 19.6 Å². The van der Waals surface area contributed by atoms with E-state index in [9.17, 15) is 14.4 Å². The maximum absolute atomic E-state index is 12.7. The van der Waals surface area contributed by atoms with Crippen LogP contribution in [0.5, 0.6) is 0 Å². The lowest BCUT2D eigenvalue weighted by atomic mass is 10.1. The number of nitrogens with one attached hydrogen (secondary N) is 2. The predicted molar refractivity (Wildman–Crippen MR) is 115 cm³/mol. The Hall–Kier alpha value is -2.54. The minimum atomic E-state index is -0.620. The molecule has 2 fully saturated rings. The van der Waals surface area contributed by atoms with Crippen molar-refractivity contribution in [1.29, 1.82) is 0 Å². The van der Waals surface area contributed by atoms with Gasteiger partial charge < -0.3 is 15.2 Å². The average Bonchev–Trinajstić information content (AvgIpc) is 3.10. The summed E-state index contributed by atoms with van der Waals surface area (Å²) in [5.74, 6) is -0.172. The molecule has 2 aromatic rings. The molecule has 1 aromatic heterocycles. The highest BCUT2D eigenvalue weighted by molar-refractivity contribution is 6.31. The molecule has 2 N–H and O–H groups in total. The molecule has 30 heavy (non-hydrogen) atoms. The number of aromatic nitrogens is 1. The van der Waals surface area contributed by atoms with E-state index in [4.69, 9.17) is 11.6 Å². The first-order valence-corrected chi connectivity index (χ1v) is 11.1. The van der Waals surface area contributed by atoms with E-state index in [1.165, 1.54) is 17.7 Å². The number of halogens is 1. The van der Waals surface area contributed by atoms with Gasteiger partial charge in [0.2, 0.25) is 5.91 Å². The lowest BCUT2D eigenvalue weighted by molar-refractivity contribution is -0.131. The number of fused-ring (bicyclic) bond motifs is 1. The third-order valence-electron chi connectivity index (χ3n) is 6.05. The average molecular weight is 431 g/mol. The molecule has 0 spiro atoms. The number of nitrogens with zero attached hydrogens (tertiary/aromatic N) is 2. The second-order valence-corrected chi connectivity index (χ2v) is 8.52. The maximum Gasteiger partial charge on any atom is 0.324 e. The first-order chi connectivity index (χ1) is 14.5. The summed E-state index contributed by atoms with van der Waals surface area (Å²) >= 11 is 6.09. The molecule has 8 heteroatoms. The van der Waals surface area contributed by atoms with E-state index < -0.39 is 6.04 Å². The molecule has 0 radical (unpaired) electrons. The lowest BCUT2D eigenvalue weighted by Crippen LogP contribution is -2.35. The molecular formula is C22H27ClN4O3. The number of aromatic amines is 1. The zero-order chi connectivity index (χ0) is 21.1. The Bertz CT molecular complexity index is 949. The highest BCUT2D eigenvalue weighted by Gasteiger charge is 2.37. The van der Waals surface area contributed by atoms with Crippen LogP contribution in [0.15, 0.2) is 24.4 Å². The highest BCUT2D eigenvalue weighted by atomic mass is 35.5. The second-order valence-electron chi connectivity index (χ2n) is 8.08. The Morgan fingerprint density at radius 2 is 1.90 bits per heavy atom. The summed E-state index contributed by atoms with van der Waals surface area (Å²) in [5, 5.41) is 4.38. The molecule has 0 bridgehead atoms. The number of carbonyl (C=O) groups is 3. The Morgan fingerprint density at radius 3 is 2.67 bits per heavy atom. The molecule has 160 valence electrons. The summed E-state index contributed by atoms with van der Waals surface area (Å²) in [5.41, 5.74) is 1.98. The topological polar surface area (TPSA) is 85.5 Å². The number of benzene rings is 1. The van der Waals surface area contributed by atoms with Gasteiger partial charge in [-0.2, -0.15) is 0 Å². The van der Waals surface area contributed by atoms with Crippen molar-refractivity contribution in [2.24, 2.45) is 0 Å². The molecule has 0 saturated carbocycles. The molecule has 0 aliphatic carbocycles. The van der Waals surface area contributed by atoms with Crippen molar-refractivity contribution in [3.05, 3.63) is 35.0 Å². The highest BCUT2D eigenvalue weighted by Crippen LogP contribution is 2.23. The summed E-state index contributed by atoms with van der Waals surface area (Å²) in [4.78, 5) is 43.9. The lowest BCUT2D eigenvalue weighted by Gasteiger charge is -2.20. The third-order valence-corrected chi connectivity index (χ3v) is 6.28. The van der Waals surface area contributed by atoms with Gasteiger partial charge in [-0.3, -0.25) is 14.5 Å². The molecule has 2 aliphatic heterocycles. The van der Waals surface area contributed by atoms with Crippen molar-refractivity contribution in [3.63, 3.8) is 0 Å². The number of likely N-dealkylation sites (tertiary alicyclic amines) is 1. The molecule has 7 nitrogen and oxygen atoms in total. The van der Waals surface area contributed by atoms with Gasteiger partial charge in [0.1, 0.15) is 6.04 Å². The van der Waals surface area contributed by atoms with Crippen LogP contribution in [0.1, 0.15) is 44.1 Å². The van der Waals surface area contributed by atoms with E-state index in [1.807, 2.05) is 29.3 Å². The predicted octanol–water partition coefficient (Wildman–Crippen LogP) is 3.47. The molecule has 2 saturated heterocycles. The van der Waals surface area contributed by atoms with E-state index in [1.54, 1.807) is 0 Å². The molecule has 2 aliphatic rings. The van der Waals surface area contributed by atoms with Crippen LogP contribution in [0, 0.1) is 0 Å². The van der Waals surface area contributed by atoms with E-state index in [0.717, 1.165) is 42.4 Å². The van der Waals surface area contributed by atoms with Crippen molar-refractivity contribution in [3.8, 4) is 0 Å². The molecule has 4 amide bonds. The SMILES string of the molecule is O=C(CCC1NC(=O)N(CCc2c[nH]c3ccc(Cl)cc23)C1=O)N1CCCCCC1. The monoisotopic (exact) mass is 430 g/mol. The first-order valence-electron chi connectivity index (χ1n) is 10.7. The quantitative estimate of drug-likeness (QED) is 0.688. The van der Waals surface area contributed by atoms with Crippen LogP contribution in [0.4, 0.5) is 4.79 Å². The third kappa shape index (κ3) is 4.46. The van der Waals surface area contributed by atoms with Gasteiger partial charge >= 0.3 is 6.03 Å². The van der Waals surface area contributed by atoms with Crippen LogP contribution in [0.3, 0.4) is 0 Å². The van der Waals surface area contributed by atoms with Crippen molar-refractivity contribution >= 4 is 40.3 Å². The Morgan fingerprint density at radius 1 is 1.13 bits per heavy atom. The van der Waals surface area contributed by atoms with Crippen LogP contribution in [0.2, 0.25) is 5.02 Å². The van der Waals surface area contributed by atoms with Gasteiger partial charge in [-0.25, -0.2) is 4.79 Å². The van der Waals surface area contributed by atoms with Gasteiger partial charge in [0.15, 0.2) is 0 Å². The van der Waals surface area contributed by atoms with Gasteiger partial charge in [0, 0.05) is 48.2 Å². The number of imide groups is 1. The zero-order valence-corrected chi connectivity index (χ0v) is 17.7. The molecule has 1 atom stereocenters. The van der Waals surface area contributed by atoms with Crippen LogP contribution >= 0.6 is 11.6 Å². The Labute approximate surface area is 180 Å². The van der Waals surface area contributed by atoms with Gasteiger partial charge in [0.05, 0.1) is 0 Å². The smallest absolute Gasteiger partial charge is 0.324 e. The number of rotatable bonds is 6. The van der Waals surface area contributed by atoms with E-state index in [-0.39, 0.29) is 24.3 Å². The van der Waals surface area contributed by atoms with Gasteiger partial charge in [-0.05, 0) is 49.4 Å². The van der Waals surface area contributed by atoms with Crippen LogP contribution in [-0.2, 0) is 16.0 Å². The number of hydrogen-bond donors (Lipinski definition) is 2. The van der Waals surface area contributed by atoms with Crippen molar-refractivity contribution in [2.45, 2.75) is 51.0 Å². The molecule has 1 unspecified atom stereocenters. The fourth-order valence-electron chi connectivity index (χ4n) is 4.32. The summed E-state index contributed by atoms with van der Waals surface area (Å²) in [7, 11) is 0. The maximum atomic E-state index is 12.7. The molecule has 4 rings (SSSR count). The molecule has 1 aromatic carbocycles. The minimum Gasteiger partial charge on any atom is -0.361 e. The zero-order valence-electron chi connectivity index (χ0n) is 17.0. The van der Waals surface area contributed by atoms with Crippen LogP contribution in [-0.4, -0.2) is 58.3 Å². The van der Waals surface area contributed by atoms with Gasteiger partial charge in [-0.1, -0.05) is 24.4 Å². The summed E-state index contributed by atoms with van der Waals surface area (Å²) < 4.78 is 0. The summed E-state index contributed by atoms with van der Waals surface area (Å²) in [6.45, 7) is 1.88. The van der Waals surface area contributed by atoms with E-state index in [2.05, 4.69) is 10.3 Å². The minimum absolute atomic E-state index is 0.0769. The van der Waals surface area contributed by atoms with E-state index in [0.29, 0.717) is 24.4 Å². The van der Waals surface area contributed by atoms with Crippen LogP contribution < -0.4 is 5.32 Å². The Balaban J connectivity index is 1.32. The second kappa shape index (κ2) is 9.08. The van der Waals surface area contributed by atoms with Crippen LogP contribution in [0.25, 0.3) is 10.9 Å². The number of amides is 4. The van der Waals surface area contributed by atoms with Gasteiger partial charge in [-0.15, -0.1) is 0 Å². The number of H-pyrrole nitrogens is 1. The fraction of sp³-hybridized carbons (Fsp3) is 0.500. The fourth-order valence-corrected chi connectivity index (χ4v) is 4.49. The Kier molecular flexibility index (Phi) is 6.27. The summed E-state index contributed by atoms with van der Waals surface area (Å²) in [6.07, 6.45) is 7.46. The number of hydrogen-bond acceptors (Lipinski definition) is 3. The molecule has 3 heterocycles. The number of urea groups is 1. The number of carbonyl (C=O) groups excluding carboxylic acids is 3. The molecular weight excluding hydrogens is 404 g/mol. The van der Waals surface area contributed by atoms with Crippen molar-refractivity contribution < 1.29 is 14.4 Å². The standard InChI is InChI=1S/C22H27ClN4O3/c23-16-5-6-18-17(13-16)15(14-24-18)9-12-27-21(29)19(25-22(27)30)7-8-20(28)26-10-3-1-2-4-11-26/h5-6,13-14,19,24H,1-4,7-12H2,(H,25,30).